The number of epoxide rings is 1. The minimum Gasteiger partial charge on any atom is -0.469 e. The van der Waals surface area contributed by atoms with Crippen LogP contribution in [0.15, 0.2) is 22.8 Å². The zero-order valence-electron chi connectivity index (χ0n) is 17.1. The molecular formula is C23H33NO4. The molecule has 2 aliphatic carbocycles. The van der Waals surface area contributed by atoms with Crippen molar-refractivity contribution in [1.29, 1.82) is 0 Å². The molecule has 0 aromatic carbocycles. The van der Waals surface area contributed by atoms with Gasteiger partial charge in [-0.25, -0.2) is 0 Å². The number of carbonyl (C=O) groups is 1. The fourth-order valence-corrected chi connectivity index (χ4v) is 6.43. The van der Waals surface area contributed by atoms with E-state index in [1.807, 2.05) is 12.1 Å². The SMILES string of the molecule is CC(CCc1ccco1)NCC1C(=O)O[C@@H]2C[C@@]3(C)CCCC4(CO4)[C@@H]3C[C@H]12. The van der Waals surface area contributed by atoms with Gasteiger partial charge in [0.25, 0.3) is 0 Å². The summed E-state index contributed by atoms with van der Waals surface area (Å²) in [7, 11) is 0. The summed E-state index contributed by atoms with van der Waals surface area (Å²) in [5, 5.41) is 3.59. The van der Waals surface area contributed by atoms with Crippen molar-refractivity contribution in [3.63, 3.8) is 0 Å². The summed E-state index contributed by atoms with van der Waals surface area (Å²) in [6.07, 6.45) is 9.54. The third-order valence-corrected chi connectivity index (χ3v) is 8.17. The number of hydrogen-bond acceptors (Lipinski definition) is 5. The minimum atomic E-state index is -0.0154. The van der Waals surface area contributed by atoms with Crippen molar-refractivity contribution >= 4 is 5.97 Å². The predicted octanol–water partition coefficient (Wildman–Crippen LogP) is 3.72. The second-order valence-electron chi connectivity index (χ2n) is 10.0. The summed E-state index contributed by atoms with van der Waals surface area (Å²) >= 11 is 0. The van der Waals surface area contributed by atoms with Gasteiger partial charge < -0.3 is 19.2 Å². The number of aryl methyl sites for hydroxylation is 1. The van der Waals surface area contributed by atoms with Crippen molar-refractivity contribution in [3.05, 3.63) is 24.2 Å². The molecule has 154 valence electrons. The van der Waals surface area contributed by atoms with Crippen LogP contribution >= 0.6 is 0 Å². The topological polar surface area (TPSA) is 64.0 Å². The summed E-state index contributed by atoms with van der Waals surface area (Å²) in [5.74, 6) is 1.94. The van der Waals surface area contributed by atoms with Crippen LogP contribution in [0.4, 0.5) is 0 Å². The summed E-state index contributed by atoms with van der Waals surface area (Å²) < 4.78 is 17.3. The minimum absolute atomic E-state index is 0.00810. The number of ether oxygens (including phenoxy) is 2. The highest BCUT2D eigenvalue weighted by molar-refractivity contribution is 5.75. The number of hydrogen-bond donors (Lipinski definition) is 1. The van der Waals surface area contributed by atoms with Gasteiger partial charge in [0.1, 0.15) is 11.9 Å². The Balaban J connectivity index is 1.21. The van der Waals surface area contributed by atoms with Gasteiger partial charge in [-0.05, 0) is 68.9 Å². The third kappa shape index (κ3) is 3.21. The number of nitrogens with one attached hydrogen (secondary N) is 1. The van der Waals surface area contributed by atoms with E-state index in [9.17, 15) is 4.79 Å². The van der Waals surface area contributed by atoms with Gasteiger partial charge in [0.2, 0.25) is 0 Å². The van der Waals surface area contributed by atoms with Crippen molar-refractivity contribution in [3.8, 4) is 0 Å². The first-order valence-electron chi connectivity index (χ1n) is 11.1. The van der Waals surface area contributed by atoms with E-state index in [-0.39, 0.29) is 29.0 Å². The van der Waals surface area contributed by atoms with E-state index in [0.29, 0.717) is 17.9 Å². The monoisotopic (exact) mass is 387 g/mol. The normalized spacial score (nSPS) is 42.7. The highest BCUT2D eigenvalue weighted by atomic mass is 16.6. The molecule has 5 rings (SSSR count). The highest BCUT2D eigenvalue weighted by Gasteiger charge is 2.64. The van der Waals surface area contributed by atoms with Crippen molar-refractivity contribution < 1.29 is 18.7 Å². The van der Waals surface area contributed by atoms with Crippen molar-refractivity contribution in [2.24, 2.45) is 23.2 Å². The molecule has 2 aliphatic heterocycles. The summed E-state index contributed by atoms with van der Waals surface area (Å²) in [4.78, 5) is 12.7. The van der Waals surface area contributed by atoms with Crippen LogP contribution in [0.1, 0.15) is 58.1 Å². The van der Waals surface area contributed by atoms with Gasteiger partial charge in [-0.15, -0.1) is 0 Å². The van der Waals surface area contributed by atoms with Crippen molar-refractivity contribution in [1.82, 2.24) is 5.32 Å². The highest BCUT2D eigenvalue weighted by Crippen LogP contribution is 2.62. The van der Waals surface area contributed by atoms with E-state index in [1.165, 1.54) is 19.3 Å². The number of carbonyl (C=O) groups excluding carboxylic acids is 1. The van der Waals surface area contributed by atoms with E-state index >= 15 is 0 Å². The first-order valence-corrected chi connectivity index (χ1v) is 11.1. The van der Waals surface area contributed by atoms with E-state index in [0.717, 1.165) is 44.6 Å². The Hall–Kier alpha value is -1.33. The predicted molar refractivity (Wildman–Crippen MR) is 105 cm³/mol. The molecule has 5 nitrogen and oxygen atoms in total. The van der Waals surface area contributed by atoms with Crippen LogP contribution in [0.25, 0.3) is 0 Å². The number of fused-ring (bicyclic) bond motifs is 3. The van der Waals surface area contributed by atoms with Crippen LogP contribution in [0.5, 0.6) is 0 Å². The second-order valence-corrected chi connectivity index (χ2v) is 10.0. The van der Waals surface area contributed by atoms with Crippen LogP contribution in [0.2, 0.25) is 0 Å². The van der Waals surface area contributed by atoms with Crippen molar-refractivity contribution in [2.75, 3.05) is 13.2 Å². The number of furan rings is 1. The van der Waals surface area contributed by atoms with Gasteiger partial charge in [-0.1, -0.05) is 6.92 Å². The zero-order chi connectivity index (χ0) is 19.4. The number of rotatable bonds is 6. The molecule has 4 fully saturated rings. The molecule has 3 heterocycles. The van der Waals surface area contributed by atoms with E-state index in [1.54, 1.807) is 6.26 Å². The fourth-order valence-electron chi connectivity index (χ4n) is 6.43. The Morgan fingerprint density at radius 3 is 2.96 bits per heavy atom. The van der Waals surface area contributed by atoms with E-state index < -0.39 is 0 Å². The van der Waals surface area contributed by atoms with Gasteiger partial charge in [0.05, 0.1) is 24.4 Å². The van der Waals surface area contributed by atoms with Gasteiger partial charge in [-0.2, -0.15) is 0 Å². The molecule has 2 saturated heterocycles. The Morgan fingerprint density at radius 1 is 1.36 bits per heavy atom. The lowest BCUT2D eigenvalue weighted by Gasteiger charge is -2.51. The van der Waals surface area contributed by atoms with Gasteiger partial charge in [0, 0.05) is 24.9 Å². The Labute approximate surface area is 167 Å². The van der Waals surface area contributed by atoms with Crippen LogP contribution in [-0.2, 0) is 20.7 Å². The van der Waals surface area contributed by atoms with Crippen LogP contribution in [-0.4, -0.2) is 36.9 Å². The average Bonchev–Trinajstić information content (AvgIpc) is 3.11. The van der Waals surface area contributed by atoms with Gasteiger partial charge in [0.15, 0.2) is 0 Å². The lowest BCUT2D eigenvalue weighted by atomic mass is 9.53. The van der Waals surface area contributed by atoms with Crippen LogP contribution in [0, 0.1) is 23.2 Å². The van der Waals surface area contributed by atoms with E-state index in [4.69, 9.17) is 13.9 Å². The molecule has 4 aliphatic rings. The molecule has 1 aromatic heterocycles. The first-order chi connectivity index (χ1) is 13.5. The molecule has 3 unspecified atom stereocenters. The molecule has 0 radical (unpaired) electrons. The maximum atomic E-state index is 12.7. The summed E-state index contributed by atoms with van der Waals surface area (Å²) in [6.45, 7) is 6.24. The maximum absolute atomic E-state index is 12.7. The lowest BCUT2D eigenvalue weighted by Crippen LogP contribution is -2.51. The summed E-state index contributed by atoms with van der Waals surface area (Å²) in [5.41, 5.74) is 0.396. The molecule has 2 saturated carbocycles. The molecule has 7 atom stereocenters. The Bertz CT molecular complexity index is 712. The van der Waals surface area contributed by atoms with Crippen LogP contribution < -0.4 is 5.32 Å². The standard InChI is InChI=1S/C23H33NO4/c1-15(6-7-16-5-3-10-26-16)24-13-18-17-11-20-22(2,12-19(17)28-21(18)25)8-4-9-23(20)14-27-23/h3,5,10,15,17-20,24H,4,6-9,11-14H2,1-2H3/t15?,17-,18?,19-,20-,22-,23?/m1/s1. The molecule has 28 heavy (non-hydrogen) atoms. The quantitative estimate of drug-likeness (QED) is 0.595. The average molecular weight is 388 g/mol. The van der Waals surface area contributed by atoms with Crippen LogP contribution in [0.3, 0.4) is 0 Å². The maximum Gasteiger partial charge on any atom is 0.310 e. The molecule has 0 amide bonds. The third-order valence-electron chi connectivity index (χ3n) is 8.17. The molecule has 1 spiro atoms. The second kappa shape index (κ2) is 6.88. The van der Waals surface area contributed by atoms with Crippen molar-refractivity contribution in [2.45, 2.75) is 76.5 Å². The fraction of sp³-hybridized carbons (Fsp3) is 0.783. The van der Waals surface area contributed by atoms with Gasteiger partial charge >= 0.3 is 5.97 Å². The first kappa shape index (κ1) is 18.7. The Morgan fingerprint density at radius 2 is 2.21 bits per heavy atom. The Kier molecular flexibility index (Phi) is 4.59. The number of esters is 1. The smallest absolute Gasteiger partial charge is 0.310 e. The molecule has 0 bridgehead atoms. The largest absolute Gasteiger partial charge is 0.469 e. The summed E-state index contributed by atoms with van der Waals surface area (Å²) in [6, 6.07) is 4.30. The van der Waals surface area contributed by atoms with Gasteiger partial charge in [-0.3, -0.25) is 4.79 Å². The molecular weight excluding hydrogens is 354 g/mol. The molecule has 1 N–H and O–H groups in total. The molecule has 1 aromatic rings. The zero-order valence-corrected chi connectivity index (χ0v) is 17.1. The van der Waals surface area contributed by atoms with E-state index in [2.05, 4.69) is 19.2 Å². The lowest BCUT2D eigenvalue weighted by molar-refractivity contribution is -0.147. The molecule has 5 heteroatoms.